The molecule has 3 aromatic rings. The predicted molar refractivity (Wildman–Crippen MR) is 120 cm³/mol. The second-order valence-corrected chi connectivity index (χ2v) is 7.21. The molecule has 2 aromatic carbocycles. The van der Waals surface area contributed by atoms with Crippen LogP contribution < -0.4 is 5.32 Å². The molecule has 0 saturated carbocycles. The van der Waals surface area contributed by atoms with E-state index in [4.69, 9.17) is 10.1 Å². The van der Waals surface area contributed by atoms with Crippen LogP contribution in [0.5, 0.6) is 0 Å². The number of piperazine rings is 1. The largest absolute Gasteiger partial charge is 0.395 e. The Hall–Kier alpha value is -1.92. The zero-order valence-electron chi connectivity index (χ0n) is 16.2. The van der Waals surface area contributed by atoms with E-state index in [1.54, 1.807) is 0 Å². The van der Waals surface area contributed by atoms with Crippen molar-refractivity contribution < 1.29 is 5.11 Å². The van der Waals surface area contributed by atoms with E-state index in [-0.39, 0.29) is 19.0 Å². The van der Waals surface area contributed by atoms with Crippen molar-refractivity contribution in [3.05, 3.63) is 48.5 Å². The third-order valence-electron chi connectivity index (χ3n) is 5.42. The molecule has 2 N–H and O–H groups in total. The molecule has 2 heterocycles. The van der Waals surface area contributed by atoms with E-state index in [1.807, 2.05) is 12.1 Å². The lowest BCUT2D eigenvalue weighted by molar-refractivity contribution is 0.112. The van der Waals surface area contributed by atoms with Gasteiger partial charge in [0.05, 0.1) is 23.3 Å². The number of aliphatic hydroxyl groups excluding tert-OH is 1. The first-order valence-corrected chi connectivity index (χ1v) is 9.92. The van der Waals surface area contributed by atoms with Crippen LogP contribution in [0, 0.1) is 0 Å². The summed E-state index contributed by atoms with van der Waals surface area (Å²) in [4.78, 5) is 9.65. The Kier molecular flexibility index (Phi) is 7.45. The molecule has 5 nitrogen and oxygen atoms in total. The molecule has 1 aliphatic rings. The first-order chi connectivity index (χ1) is 13.3. The normalized spacial score (nSPS) is 15.6. The number of rotatable bonds is 7. The Morgan fingerprint density at radius 3 is 1.93 bits per heavy atom. The Bertz CT molecular complexity index is 842. The van der Waals surface area contributed by atoms with Crippen molar-refractivity contribution in [1.29, 1.82) is 0 Å². The maximum absolute atomic E-state index is 9.05. The van der Waals surface area contributed by atoms with Gasteiger partial charge in [-0.25, -0.2) is 4.98 Å². The van der Waals surface area contributed by atoms with E-state index < -0.39 is 0 Å². The van der Waals surface area contributed by atoms with Crippen LogP contribution in [0.4, 0.5) is 5.69 Å². The monoisotopic (exact) mass is 400 g/mol. The Morgan fingerprint density at radius 1 is 0.821 bits per heavy atom. The van der Waals surface area contributed by atoms with Gasteiger partial charge in [-0.05, 0) is 25.1 Å². The minimum atomic E-state index is 0. The van der Waals surface area contributed by atoms with Crippen LogP contribution in [-0.4, -0.2) is 72.3 Å². The smallest absolute Gasteiger partial charge is 0.0730 e. The lowest BCUT2D eigenvalue weighted by atomic mass is 10.1. The third-order valence-corrected chi connectivity index (χ3v) is 5.42. The lowest BCUT2D eigenvalue weighted by Gasteiger charge is -2.34. The summed E-state index contributed by atoms with van der Waals surface area (Å²) >= 11 is 0. The number of β-amino-alcohol motifs (C(OH)–C–C–N with tert-alkyl or cyclic N) is 1. The first-order valence-electron chi connectivity index (χ1n) is 9.92. The van der Waals surface area contributed by atoms with Gasteiger partial charge in [-0.3, -0.25) is 4.90 Å². The highest BCUT2D eigenvalue weighted by Gasteiger charge is 2.15. The number of aliphatic hydroxyl groups is 1. The van der Waals surface area contributed by atoms with Gasteiger partial charge in [-0.15, -0.1) is 12.4 Å². The van der Waals surface area contributed by atoms with E-state index in [1.165, 1.54) is 16.5 Å². The molecule has 6 heteroatoms. The number of hydrogen-bond acceptors (Lipinski definition) is 5. The Morgan fingerprint density at radius 2 is 1.36 bits per heavy atom. The SMILES string of the molecule is Cl.OCCN1CCN(CCCNc2c3ccccc3nc3ccccc23)CC1. The zero-order chi connectivity index (χ0) is 18.5. The van der Waals surface area contributed by atoms with Crippen molar-refractivity contribution in [3.63, 3.8) is 0 Å². The van der Waals surface area contributed by atoms with Gasteiger partial charge >= 0.3 is 0 Å². The summed E-state index contributed by atoms with van der Waals surface area (Å²) in [5, 5.41) is 15.1. The average Bonchev–Trinajstić information content (AvgIpc) is 2.72. The van der Waals surface area contributed by atoms with Crippen molar-refractivity contribution in [1.82, 2.24) is 14.8 Å². The van der Waals surface area contributed by atoms with Gasteiger partial charge in [-0.1, -0.05) is 36.4 Å². The molecule has 1 aliphatic heterocycles. The van der Waals surface area contributed by atoms with Gasteiger partial charge in [0.15, 0.2) is 0 Å². The molecular formula is C22H29ClN4O. The number of nitrogens with one attached hydrogen (secondary N) is 1. The maximum atomic E-state index is 9.05. The molecule has 1 fully saturated rings. The molecule has 1 aromatic heterocycles. The Balaban J connectivity index is 0.00000225. The third kappa shape index (κ3) is 4.73. The zero-order valence-corrected chi connectivity index (χ0v) is 17.0. The van der Waals surface area contributed by atoms with Crippen molar-refractivity contribution in [3.8, 4) is 0 Å². The summed E-state index contributed by atoms with van der Waals surface area (Å²) in [5.41, 5.74) is 3.28. The van der Waals surface area contributed by atoms with Crippen LogP contribution in [-0.2, 0) is 0 Å². The van der Waals surface area contributed by atoms with Gasteiger partial charge in [0.25, 0.3) is 0 Å². The number of benzene rings is 2. The minimum Gasteiger partial charge on any atom is -0.395 e. The number of pyridine rings is 1. The predicted octanol–water partition coefficient (Wildman–Crippen LogP) is 3.22. The second kappa shape index (κ2) is 10.0. The van der Waals surface area contributed by atoms with Crippen LogP contribution in [0.15, 0.2) is 48.5 Å². The molecule has 4 rings (SSSR count). The highest BCUT2D eigenvalue weighted by Crippen LogP contribution is 2.30. The highest BCUT2D eigenvalue weighted by molar-refractivity contribution is 6.07. The number of para-hydroxylation sites is 2. The van der Waals surface area contributed by atoms with E-state index in [0.717, 1.165) is 63.3 Å². The van der Waals surface area contributed by atoms with Crippen LogP contribution in [0.25, 0.3) is 21.8 Å². The standard InChI is InChI=1S/C22H28N4O.ClH/c27-17-16-26-14-12-25(13-15-26)11-5-10-23-22-18-6-1-3-8-20(18)24-21-9-4-2-7-19(21)22;/h1-4,6-9,27H,5,10-17H2,(H,23,24);1H. The van der Waals surface area contributed by atoms with Crippen molar-refractivity contribution in [2.75, 3.05) is 57.7 Å². The Labute approximate surface area is 172 Å². The number of halogens is 1. The molecule has 0 radical (unpaired) electrons. The molecule has 1 saturated heterocycles. The van der Waals surface area contributed by atoms with Crippen LogP contribution in [0.2, 0.25) is 0 Å². The van der Waals surface area contributed by atoms with Gasteiger partial charge in [-0.2, -0.15) is 0 Å². The van der Waals surface area contributed by atoms with Crippen LogP contribution >= 0.6 is 12.4 Å². The molecular weight excluding hydrogens is 372 g/mol. The van der Waals surface area contributed by atoms with Crippen LogP contribution in [0.3, 0.4) is 0 Å². The quantitative estimate of drug-likeness (QED) is 0.471. The second-order valence-electron chi connectivity index (χ2n) is 7.21. The summed E-state index contributed by atoms with van der Waals surface area (Å²) in [5.74, 6) is 0. The molecule has 0 unspecified atom stereocenters. The molecule has 0 spiro atoms. The highest BCUT2D eigenvalue weighted by atomic mass is 35.5. The summed E-state index contributed by atoms with van der Waals surface area (Å²) in [6, 6.07) is 16.7. The summed E-state index contributed by atoms with van der Waals surface area (Å²) in [6.45, 7) is 7.45. The number of fused-ring (bicyclic) bond motifs is 2. The topological polar surface area (TPSA) is 51.6 Å². The first kappa shape index (κ1) is 20.8. The van der Waals surface area contributed by atoms with E-state index in [9.17, 15) is 0 Å². The van der Waals surface area contributed by atoms with Gasteiger partial charge in [0.2, 0.25) is 0 Å². The van der Waals surface area contributed by atoms with E-state index in [2.05, 4.69) is 51.5 Å². The van der Waals surface area contributed by atoms with Gasteiger partial charge in [0, 0.05) is 50.0 Å². The van der Waals surface area contributed by atoms with Gasteiger partial charge < -0.3 is 15.3 Å². The van der Waals surface area contributed by atoms with Gasteiger partial charge in [0.1, 0.15) is 0 Å². The summed E-state index contributed by atoms with van der Waals surface area (Å²) < 4.78 is 0. The lowest BCUT2D eigenvalue weighted by Crippen LogP contribution is -2.47. The number of hydrogen-bond donors (Lipinski definition) is 2. The molecule has 0 amide bonds. The number of anilines is 1. The number of aromatic nitrogens is 1. The molecule has 0 bridgehead atoms. The molecule has 0 atom stereocenters. The fraction of sp³-hybridized carbons (Fsp3) is 0.409. The van der Waals surface area contributed by atoms with E-state index >= 15 is 0 Å². The van der Waals surface area contributed by atoms with Crippen molar-refractivity contribution in [2.45, 2.75) is 6.42 Å². The number of nitrogens with zero attached hydrogens (tertiary/aromatic N) is 3. The van der Waals surface area contributed by atoms with Crippen molar-refractivity contribution in [2.24, 2.45) is 0 Å². The fourth-order valence-corrected chi connectivity index (χ4v) is 3.92. The summed E-state index contributed by atoms with van der Waals surface area (Å²) in [6.07, 6.45) is 1.12. The van der Waals surface area contributed by atoms with Crippen LogP contribution in [0.1, 0.15) is 6.42 Å². The average molecular weight is 401 g/mol. The minimum absolute atomic E-state index is 0. The summed E-state index contributed by atoms with van der Waals surface area (Å²) in [7, 11) is 0. The van der Waals surface area contributed by atoms with Crippen molar-refractivity contribution >= 4 is 39.9 Å². The molecule has 0 aliphatic carbocycles. The van der Waals surface area contributed by atoms with E-state index in [0.29, 0.717) is 0 Å². The maximum Gasteiger partial charge on any atom is 0.0730 e. The molecule has 150 valence electrons. The fourth-order valence-electron chi connectivity index (χ4n) is 3.92. The molecule has 28 heavy (non-hydrogen) atoms.